The summed E-state index contributed by atoms with van der Waals surface area (Å²) in [5.41, 5.74) is 2.89. The quantitative estimate of drug-likeness (QED) is 0.354. The van der Waals surface area contributed by atoms with E-state index in [1.165, 1.54) is 31.9 Å². The molecule has 180 valence electrons. The summed E-state index contributed by atoms with van der Waals surface area (Å²) in [6.07, 6.45) is 0. The summed E-state index contributed by atoms with van der Waals surface area (Å²) in [5, 5.41) is 5.47. The molecule has 0 spiro atoms. The van der Waals surface area contributed by atoms with Crippen LogP contribution in [0.4, 0.5) is 0 Å². The molecule has 0 fully saturated rings. The van der Waals surface area contributed by atoms with Crippen LogP contribution in [-0.4, -0.2) is 18.1 Å². The van der Waals surface area contributed by atoms with Crippen molar-refractivity contribution in [2.75, 3.05) is 0 Å². The molecule has 4 aromatic carbocycles. The van der Waals surface area contributed by atoms with Crippen LogP contribution in [0.15, 0.2) is 109 Å². The molecule has 0 radical (unpaired) electrons. The first-order valence-corrected chi connectivity index (χ1v) is 15.9. The van der Waals surface area contributed by atoms with E-state index in [0.29, 0.717) is 0 Å². The number of hydrogen-bond acceptors (Lipinski definition) is 1. The van der Waals surface area contributed by atoms with E-state index in [1.807, 2.05) is 0 Å². The van der Waals surface area contributed by atoms with E-state index in [4.69, 9.17) is 4.12 Å². The normalized spacial score (nSPS) is 13.9. The second kappa shape index (κ2) is 10.5. The van der Waals surface area contributed by atoms with Gasteiger partial charge in [0.05, 0.1) is 0 Å². The van der Waals surface area contributed by atoms with Gasteiger partial charge in [0.2, 0.25) is 18.1 Å². The van der Waals surface area contributed by atoms with E-state index in [-0.39, 0.29) is 10.8 Å². The third kappa shape index (κ3) is 5.92. The van der Waals surface area contributed by atoms with Gasteiger partial charge in [-0.2, -0.15) is 0 Å². The fraction of sp³-hybridized carbons (Fsp3) is 0.250. The first-order chi connectivity index (χ1) is 16.7. The van der Waals surface area contributed by atoms with E-state index < -0.39 is 18.1 Å². The lowest BCUT2D eigenvalue weighted by molar-refractivity contribution is 0.584. The highest BCUT2D eigenvalue weighted by Gasteiger charge is 2.32. The third-order valence-corrected chi connectivity index (χ3v) is 12.9. The number of rotatable bonds is 6. The van der Waals surface area contributed by atoms with Gasteiger partial charge in [0.1, 0.15) is 0 Å². The van der Waals surface area contributed by atoms with Crippen molar-refractivity contribution in [2.45, 2.75) is 52.4 Å². The van der Waals surface area contributed by atoms with Crippen LogP contribution in [0.3, 0.4) is 0 Å². The number of hydrogen-bond donors (Lipinski definition) is 0. The minimum atomic E-state index is -2.00. The van der Waals surface area contributed by atoms with Crippen LogP contribution in [0.25, 0.3) is 0 Å². The van der Waals surface area contributed by atoms with Crippen LogP contribution in [-0.2, 0) is 14.9 Å². The Bertz CT molecular complexity index is 1140. The van der Waals surface area contributed by atoms with Crippen LogP contribution in [0.5, 0.6) is 0 Å². The number of benzene rings is 4. The zero-order valence-electron chi connectivity index (χ0n) is 22.0. The monoisotopic (exact) mass is 494 g/mol. The third-order valence-electron chi connectivity index (χ3n) is 6.58. The molecular weight excluding hydrogens is 457 g/mol. The van der Waals surface area contributed by atoms with Crippen molar-refractivity contribution in [3.63, 3.8) is 0 Å². The van der Waals surface area contributed by atoms with E-state index in [2.05, 4.69) is 151 Å². The maximum atomic E-state index is 7.54. The Hall–Kier alpha value is -2.73. The highest BCUT2D eigenvalue weighted by atomic mass is 28.4. The van der Waals surface area contributed by atoms with Crippen molar-refractivity contribution in [1.29, 1.82) is 0 Å². The highest BCUT2D eigenvalue weighted by molar-refractivity contribution is 6.92. The van der Waals surface area contributed by atoms with Gasteiger partial charge >= 0.3 is 0 Å². The van der Waals surface area contributed by atoms with E-state index >= 15 is 0 Å². The van der Waals surface area contributed by atoms with Gasteiger partial charge in [0.25, 0.3) is 0 Å². The molecule has 0 aliphatic rings. The molecule has 0 saturated heterocycles. The standard InChI is InChI=1S/C32H38OSi2/c1-31(2,3)27-21-13-15-23-29(27)34(25-17-9-7-10-18-25)33-35(26-19-11-8-12-20-26)30-24-16-14-22-28(30)32(4,5)6/h7-24,34-35H,1-6H3. The predicted molar refractivity (Wildman–Crippen MR) is 157 cm³/mol. The van der Waals surface area contributed by atoms with Crippen LogP contribution in [0.2, 0.25) is 0 Å². The molecule has 2 unspecified atom stereocenters. The maximum absolute atomic E-state index is 7.54. The molecule has 2 atom stereocenters. The maximum Gasteiger partial charge on any atom is 0.229 e. The molecule has 0 aliphatic heterocycles. The summed E-state index contributed by atoms with van der Waals surface area (Å²) in [5.74, 6) is 0. The Kier molecular flexibility index (Phi) is 7.60. The average Bonchev–Trinajstić information content (AvgIpc) is 2.85. The van der Waals surface area contributed by atoms with Crippen molar-refractivity contribution in [2.24, 2.45) is 0 Å². The van der Waals surface area contributed by atoms with E-state index in [0.717, 1.165) is 0 Å². The highest BCUT2D eigenvalue weighted by Crippen LogP contribution is 2.23. The summed E-state index contributed by atoms with van der Waals surface area (Å²) < 4.78 is 7.54. The van der Waals surface area contributed by atoms with Gasteiger partial charge < -0.3 is 4.12 Å². The second-order valence-corrected chi connectivity index (χ2v) is 16.6. The van der Waals surface area contributed by atoms with Crippen LogP contribution in [0, 0.1) is 0 Å². The average molecular weight is 495 g/mol. The van der Waals surface area contributed by atoms with Gasteiger partial charge in [0, 0.05) is 0 Å². The second-order valence-electron chi connectivity index (χ2n) is 11.4. The van der Waals surface area contributed by atoms with Gasteiger partial charge in [0.15, 0.2) is 0 Å². The zero-order valence-corrected chi connectivity index (χ0v) is 24.3. The molecule has 0 aromatic heterocycles. The van der Waals surface area contributed by atoms with E-state index in [1.54, 1.807) is 0 Å². The Morgan fingerprint density at radius 2 is 0.743 bits per heavy atom. The molecule has 0 bridgehead atoms. The van der Waals surface area contributed by atoms with Crippen LogP contribution in [0.1, 0.15) is 52.7 Å². The summed E-state index contributed by atoms with van der Waals surface area (Å²) in [7, 11) is -4.00. The molecule has 0 saturated carbocycles. The van der Waals surface area contributed by atoms with Crippen molar-refractivity contribution >= 4 is 38.8 Å². The SMILES string of the molecule is CC(C)(C)c1ccccc1[SiH](O[SiH](c1ccccc1)c1ccccc1C(C)(C)C)c1ccccc1. The summed E-state index contributed by atoms with van der Waals surface area (Å²) in [6.45, 7) is 13.9. The first-order valence-electron chi connectivity index (χ1n) is 12.6. The first kappa shape index (κ1) is 25.4. The van der Waals surface area contributed by atoms with Crippen molar-refractivity contribution in [1.82, 2.24) is 0 Å². The lowest BCUT2D eigenvalue weighted by atomic mass is 9.87. The van der Waals surface area contributed by atoms with Gasteiger partial charge in [-0.25, -0.2) is 0 Å². The van der Waals surface area contributed by atoms with Gasteiger partial charge in [-0.1, -0.05) is 151 Å². The Labute approximate surface area is 215 Å². The van der Waals surface area contributed by atoms with Crippen LogP contribution >= 0.6 is 0 Å². The van der Waals surface area contributed by atoms with E-state index in [9.17, 15) is 0 Å². The van der Waals surface area contributed by atoms with Crippen LogP contribution < -0.4 is 20.7 Å². The van der Waals surface area contributed by atoms with Gasteiger partial charge in [-0.05, 0) is 42.7 Å². The molecule has 0 amide bonds. The Morgan fingerprint density at radius 3 is 1.09 bits per heavy atom. The van der Waals surface area contributed by atoms with Crippen molar-refractivity contribution in [3.05, 3.63) is 120 Å². The van der Waals surface area contributed by atoms with Gasteiger partial charge in [-0.3, -0.25) is 0 Å². The summed E-state index contributed by atoms with van der Waals surface area (Å²) in [4.78, 5) is 0. The molecule has 0 aliphatic carbocycles. The minimum Gasteiger partial charge on any atom is -0.446 e. The molecule has 0 heterocycles. The molecule has 35 heavy (non-hydrogen) atoms. The lowest BCUT2D eigenvalue weighted by Gasteiger charge is -2.32. The lowest BCUT2D eigenvalue weighted by Crippen LogP contribution is -2.58. The summed E-state index contributed by atoms with van der Waals surface area (Å²) >= 11 is 0. The molecule has 4 rings (SSSR count). The predicted octanol–water partition coefficient (Wildman–Crippen LogP) is 4.67. The fourth-order valence-corrected chi connectivity index (χ4v) is 12.4. The molecule has 1 nitrogen and oxygen atoms in total. The molecule has 0 N–H and O–H groups in total. The summed E-state index contributed by atoms with van der Waals surface area (Å²) in [6, 6.07) is 39.8. The topological polar surface area (TPSA) is 9.23 Å². The molecular formula is C32H38OSi2. The van der Waals surface area contributed by atoms with Crippen molar-refractivity contribution < 1.29 is 4.12 Å². The smallest absolute Gasteiger partial charge is 0.229 e. The fourth-order valence-electron chi connectivity index (χ4n) is 4.87. The Morgan fingerprint density at radius 1 is 0.429 bits per heavy atom. The molecule has 3 heteroatoms. The molecule has 4 aromatic rings. The Balaban J connectivity index is 1.92. The zero-order chi connectivity index (χ0) is 25.1. The minimum absolute atomic E-state index is 0.0487. The largest absolute Gasteiger partial charge is 0.446 e. The van der Waals surface area contributed by atoms with Gasteiger partial charge in [-0.15, -0.1) is 0 Å². The van der Waals surface area contributed by atoms with Crippen molar-refractivity contribution in [3.8, 4) is 0 Å².